The van der Waals surface area contributed by atoms with E-state index < -0.39 is 23.3 Å². The summed E-state index contributed by atoms with van der Waals surface area (Å²) in [4.78, 5) is 16.4. The Morgan fingerprint density at radius 1 is 1.22 bits per heavy atom. The number of pyridine rings is 1. The first-order chi connectivity index (χ1) is 12.7. The topological polar surface area (TPSA) is 59.8 Å². The maximum absolute atomic E-state index is 13.7. The zero-order valence-electron chi connectivity index (χ0n) is 14.3. The molecule has 0 fully saturated rings. The highest BCUT2D eigenvalue weighted by molar-refractivity contribution is 6.32. The van der Waals surface area contributed by atoms with E-state index in [4.69, 9.17) is 11.6 Å². The Labute approximate surface area is 157 Å². The molecule has 0 atom stereocenters. The maximum atomic E-state index is 13.7. The van der Waals surface area contributed by atoms with Crippen molar-refractivity contribution in [1.29, 1.82) is 0 Å². The Bertz CT molecular complexity index is 1010. The summed E-state index contributed by atoms with van der Waals surface area (Å²) in [5, 5.41) is 6.18. The lowest BCUT2D eigenvalue weighted by Crippen LogP contribution is -2.21. The van der Waals surface area contributed by atoms with Gasteiger partial charge in [-0.25, -0.2) is 9.67 Å². The van der Waals surface area contributed by atoms with Gasteiger partial charge < -0.3 is 5.32 Å². The van der Waals surface area contributed by atoms with Crippen molar-refractivity contribution in [3.05, 3.63) is 70.1 Å². The fourth-order valence-corrected chi connectivity index (χ4v) is 2.83. The minimum atomic E-state index is -4.84. The molecule has 0 saturated heterocycles. The number of halogens is 4. The molecular weight excluding hydrogens is 381 g/mol. The van der Waals surface area contributed by atoms with Gasteiger partial charge in [0.2, 0.25) is 0 Å². The number of nitrogens with zero attached hydrogens (tertiary/aromatic N) is 3. The molecule has 27 heavy (non-hydrogen) atoms. The number of carbonyl (C=O) groups excluding carboxylic acids is 1. The lowest BCUT2D eigenvalue weighted by molar-refractivity contribution is -0.143. The number of hydrogen-bond acceptors (Lipinski definition) is 3. The van der Waals surface area contributed by atoms with E-state index in [0.717, 1.165) is 17.3 Å². The molecule has 1 N–H and O–H groups in total. The summed E-state index contributed by atoms with van der Waals surface area (Å²) in [6.07, 6.45) is -2.70. The van der Waals surface area contributed by atoms with Crippen LogP contribution in [0.4, 0.5) is 18.9 Å². The van der Waals surface area contributed by atoms with Crippen LogP contribution >= 0.6 is 11.6 Å². The Kier molecular flexibility index (Phi) is 4.93. The van der Waals surface area contributed by atoms with Crippen molar-refractivity contribution in [1.82, 2.24) is 14.8 Å². The van der Waals surface area contributed by atoms with E-state index in [1.807, 2.05) is 13.0 Å². The number of carbonyl (C=O) groups is 1. The predicted octanol–water partition coefficient (Wildman–Crippen LogP) is 4.81. The molecule has 9 heteroatoms. The smallest absolute Gasteiger partial charge is 0.322 e. The molecule has 5 nitrogen and oxygen atoms in total. The fraction of sp³-hybridized carbons (Fsp3) is 0.167. The summed E-state index contributed by atoms with van der Waals surface area (Å²) in [7, 11) is 0. The van der Waals surface area contributed by atoms with Crippen LogP contribution in [-0.2, 0) is 6.18 Å². The molecule has 0 aliphatic carbocycles. The second-order valence-corrected chi connectivity index (χ2v) is 6.30. The number of benzene rings is 1. The molecule has 0 bridgehead atoms. The van der Waals surface area contributed by atoms with Crippen molar-refractivity contribution in [2.24, 2.45) is 0 Å². The highest BCUT2D eigenvalue weighted by Gasteiger charge is 2.41. The zero-order chi connectivity index (χ0) is 19.8. The van der Waals surface area contributed by atoms with Crippen LogP contribution in [0.1, 0.15) is 27.2 Å². The van der Waals surface area contributed by atoms with Crippen molar-refractivity contribution in [2.45, 2.75) is 20.0 Å². The predicted molar refractivity (Wildman–Crippen MR) is 95.2 cm³/mol. The van der Waals surface area contributed by atoms with Gasteiger partial charge in [0.25, 0.3) is 5.91 Å². The highest BCUT2D eigenvalue weighted by Crippen LogP contribution is 2.35. The van der Waals surface area contributed by atoms with E-state index in [9.17, 15) is 18.0 Å². The van der Waals surface area contributed by atoms with Crippen molar-refractivity contribution in [3.63, 3.8) is 0 Å². The summed E-state index contributed by atoms with van der Waals surface area (Å²) in [5.74, 6) is -1.13. The Morgan fingerprint density at radius 3 is 2.59 bits per heavy atom. The Balaban J connectivity index is 2.06. The lowest BCUT2D eigenvalue weighted by atomic mass is 10.1. The maximum Gasteiger partial charge on any atom is 0.434 e. The van der Waals surface area contributed by atoms with Crippen LogP contribution in [0.15, 0.2) is 42.7 Å². The van der Waals surface area contributed by atoms with Gasteiger partial charge in [-0.15, -0.1) is 0 Å². The van der Waals surface area contributed by atoms with Gasteiger partial charge in [0, 0.05) is 11.9 Å². The van der Waals surface area contributed by atoms with Crippen LogP contribution in [-0.4, -0.2) is 20.7 Å². The van der Waals surface area contributed by atoms with Gasteiger partial charge in [-0.2, -0.15) is 18.3 Å². The minimum Gasteiger partial charge on any atom is -0.322 e. The second kappa shape index (κ2) is 7.03. The molecular formula is C18H14ClF3N4O. The van der Waals surface area contributed by atoms with E-state index in [-0.39, 0.29) is 10.8 Å². The molecule has 3 aromatic rings. The molecule has 3 rings (SSSR count). The van der Waals surface area contributed by atoms with Gasteiger partial charge in [0.05, 0.1) is 16.8 Å². The fourth-order valence-electron chi connectivity index (χ4n) is 2.62. The van der Waals surface area contributed by atoms with Gasteiger partial charge in [0.15, 0.2) is 11.5 Å². The first-order valence-electron chi connectivity index (χ1n) is 7.83. The summed E-state index contributed by atoms with van der Waals surface area (Å²) < 4.78 is 41.6. The monoisotopic (exact) mass is 394 g/mol. The second-order valence-electron chi connectivity index (χ2n) is 5.90. The van der Waals surface area contributed by atoms with Crippen LogP contribution < -0.4 is 5.32 Å². The third-order valence-corrected chi connectivity index (χ3v) is 4.15. The van der Waals surface area contributed by atoms with E-state index in [0.29, 0.717) is 10.4 Å². The molecule has 1 amide bonds. The molecule has 0 spiro atoms. The quantitative estimate of drug-likeness (QED) is 0.693. The summed E-state index contributed by atoms with van der Waals surface area (Å²) in [6.45, 7) is 3.63. The third-order valence-electron chi connectivity index (χ3n) is 3.85. The van der Waals surface area contributed by atoms with Crippen molar-refractivity contribution in [2.75, 3.05) is 5.32 Å². The molecule has 0 unspecified atom stereocenters. The molecule has 2 aromatic heterocycles. The molecule has 1 aromatic carbocycles. The van der Waals surface area contributed by atoms with Crippen molar-refractivity contribution in [3.8, 4) is 5.82 Å². The first-order valence-corrected chi connectivity index (χ1v) is 8.21. The standard InChI is InChI=1S/C18H14ClF3N4O/c1-10-5-6-14(11(2)8-10)25-17(27)12-9-24-26(15(12)18(20,21)22)16-13(19)4-3-7-23-16/h3-9H,1-2H3,(H,25,27). The van der Waals surface area contributed by atoms with E-state index >= 15 is 0 Å². The SMILES string of the molecule is Cc1ccc(NC(=O)c2cnn(-c3ncccc3Cl)c2C(F)(F)F)c(C)c1. The Hall–Kier alpha value is -2.87. The van der Waals surface area contributed by atoms with Crippen LogP contribution in [0.3, 0.4) is 0 Å². The number of nitrogens with one attached hydrogen (secondary N) is 1. The van der Waals surface area contributed by atoms with Crippen LogP contribution in [0.25, 0.3) is 5.82 Å². The lowest BCUT2D eigenvalue weighted by Gasteiger charge is -2.13. The van der Waals surface area contributed by atoms with E-state index in [1.54, 1.807) is 19.1 Å². The number of aromatic nitrogens is 3. The third kappa shape index (κ3) is 3.80. The van der Waals surface area contributed by atoms with E-state index in [2.05, 4.69) is 15.4 Å². The summed E-state index contributed by atoms with van der Waals surface area (Å²) >= 11 is 5.94. The largest absolute Gasteiger partial charge is 0.434 e. The number of aryl methyl sites for hydroxylation is 2. The number of hydrogen-bond donors (Lipinski definition) is 1. The molecule has 0 aliphatic rings. The normalized spacial score (nSPS) is 11.5. The molecule has 0 radical (unpaired) electrons. The zero-order valence-corrected chi connectivity index (χ0v) is 15.1. The molecule has 0 aliphatic heterocycles. The van der Waals surface area contributed by atoms with E-state index in [1.165, 1.54) is 18.3 Å². The van der Waals surface area contributed by atoms with Gasteiger partial charge in [-0.1, -0.05) is 29.3 Å². The molecule has 2 heterocycles. The van der Waals surface area contributed by atoms with Crippen LogP contribution in [0.2, 0.25) is 5.02 Å². The molecule has 140 valence electrons. The molecule has 0 saturated carbocycles. The average molecular weight is 395 g/mol. The van der Waals surface area contributed by atoms with Gasteiger partial charge in [-0.3, -0.25) is 4.79 Å². The van der Waals surface area contributed by atoms with Crippen LogP contribution in [0, 0.1) is 13.8 Å². The Morgan fingerprint density at radius 2 is 1.96 bits per heavy atom. The number of anilines is 1. The summed E-state index contributed by atoms with van der Waals surface area (Å²) in [5.41, 5.74) is 0.257. The van der Waals surface area contributed by atoms with Gasteiger partial charge >= 0.3 is 6.18 Å². The average Bonchev–Trinajstić information content (AvgIpc) is 3.03. The number of amides is 1. The van der Waals surface area contributed by atoms with Gasteiger partial charge in [0.1, 0.15) is 0 Å². The first kappa shape index (κ1) is 18.9. The summed E-state index contributed by atoms with van der Waals surface area (Å²) in [6, 6.07) is 8.08. The number of alkyl halides is 3. The van der Waals surface area contributed by atoms with Gasteiger partial charge in [-0.05, 0) is 37.6 Å². The van der Waals surface area contributed by atoms with Crippen molar-refractivity contribution < 1.29 is 18.0 Å². The minimum absolute atomic E-state index is 0.0209. The number of rotatable bonds is 3. The van der Waals surface area contributed by atoms with Crippen molar-refractivity contribution >= 4 is 23.2 Å². The van der Waals surface area contributed by atoms with Crippen LogP contribution in [0.5, 0.6) is 0 Å². The highest BCUT2D eigenvalue weighted by atomic mass is 35.5.